The highest BCUT2D eigenvalue weighted by atomic mass is 16.6. The summed E-state index contributed by atoms with van der Waals surface area (Å²) in [5, 5.41) is 27.8. The molecule has 1 amide bonds. The Labute approximate surface area is 139 Å². The molecule has 7 nitrogen and oxygen atoms in total. The lowest BCUT2D eigenvalue weighted by molar-refractivity contribution is -0.383. The molecule has 0 bridgehead atoms. The van der Waals surface area contributed by atoms with Crippen molar-refractivity contribution in [2.45, 2.75) is 25.9 Å². The van der Waals surface area contributed by atoms with Crippen molar-refractivity contribution in [3.63, 3.8) is 0 Å². The van der Waals surface area contributed by atoms with Crippen molar-refractivity contribution in [3.05, 3.63) is 46.5 Å². The van der Waals surface area contributed by atoms with Gasteiger partial charge in [0.1, 0.15) is 18.3 Å². The van der Waals surface area contributed by atoms with Gasteiger partial charge in [-0.2, -0.15) is 0 Å². The summed E-state index contributed by atoms with van der Waals surface area (Å²) in [6.45, 7) is 4.63. The molecular weight excluding hydrogens is 310 g/mol. The topological polar surface area (TPSA) is 95.3 Å². The third kappa shape index (κ3) is 2.33. The van der Waals surface area contributed by atoms with Crippen molar-refractivity contribution in [3.8, 4) is 0 Å². The Morgan fingerprint density at radius 1 is 1.21 bits per heavy atom. The third-order valence-electron chi connectivity index (χ3n) is 4.91. The van der Waals surface area contributed by atoms with E-state index in [0.717, 1.165) is 0 Å². The second kappa shape index (κ2) is 5.85. The maximum absolute atomic E-state index is 12.2. The molecule has 0 aromatic heterocycles. The number of rotatable bonds is 2. The number of hydrogen-bond donors (Lipinski definition) is 1. The van der Waals surface area contributed by atoms with E-state index in [0.29, 0.717) is 29.5 Å². The normalized spacial score (nSPS) is 27.1. The number of nitrogens with one attached hydrogen (secondary N) is 1. The van der Waals surface area contributed by atoms with Gasteiger partial charge in [0.15, 0.2) is 0 Å². The Morgan fingerprint density at radius 2 is 1.88 bits per heavy atom. The Bertz CT molecular complexity index is 823. The van der Waals surface area contributed by atoms with Crippen LogP contribution in [-0.2, 0) is 0 Å². The van der Waals surface area contributed by atoms with Gasteiger partial charge in [0.2, 0.25) is 0 Å². The van der Waals surface area contributed by atoms with Gasteiger partial charge in [-0.05, 0) is 26.0 Å². The van der Waals surface area contributed by atoms with E-state index < -0.39 is 11.0 Å². The standard InChI is InChI=1S/C17H19N3O4/c1-11-10-20(17(21)22,12(2)9-18-11)16-8-7-15(19(23)24)13-5-3-4-6-14(13)16/h3-8,11-12,18H,9-10H2,1-2H3/t11-,12+,20?/m0/s1. The van der Waals surface area contributed by atoms with Crippen LogP contribution in [-0.4, -0.2) is 36.2 Å². The van der Waals surface area contributed by atoms with Gasteiger partial charge in [-0.25, -0.2) is 4.48 Å². The maximum atomic E-state index is 12.2. The number of nitrogens with zero attached hydrogens (tertiary/aromatic N) is 2. The van der Waals surface area contributed by atoms with Crippen LogP contribution in [0.4, 0.5) is 16.2 Å². The fourth-order valence-corrected chi connectivity index (χ4v) is 3.67. The molecule has 0 aliphatic carbocycles. The predicted octanol–water partition coefficient (Wildman–Crippen LogP) is 1.78. The van der Waals surface area contributed by atoms with Gasteiger partial charge < -0.3 is 15.2 Å². The molecule has 2 aromatic rings. The van der Waals surface area contributed by atoms with E-state index in [4.69, 9.17) is 0 Å². The first-order chi connectivity index (χ1) is 11.4. The molecule has 0 radical (unpaired) electrons. The molecular formula is C17H19N3O4. The van der Waals surface area contributed by atoms with Gasteiger partial charge in [-0.15, -0.1) is 0 Å². The van der Waals surface area contributed by atoms with Crippen LogP contribution >= 0.6 is 0 Å². The molecule has 24 heavy (non-hydrogen) atoms. The van der Waals surface area contributed by atoms with Crippen LogP contribution in [0.15, 0.2) is 36.4 Å². The summed E-state index contributed by atoms with van der Waals surface area (Å²) in [4.78, 5) is 23.0. The van der Waals surface area contributed by atoms with Gasteiger partial charge in [0.05, 0.1) is 21.7 Å². The second-order valence-electron chi connectivity index (χ2n) is 6.38. The van der Waals surface area contributed by atoms with Crippen molar-refractivity contribution in [2.24, 2.45) is 0 Å². The molecule has 1 unspecified atom stereocenters. The molecule has 1 N–H and O–H groups in total. The van der Waals surface area contributed by atoms with Crippen LogP contribution in [0.3, 0.4) is 0 Å². The fourth-order valence-electron chi connectivity index (χ4n) is 3.67. The van der Waals surface area contributed by atoms with E-state index in [9.17, 15) is 20.0 Å². The van der Waals surface area contributed by atoms with Crippen LogP contribution in [0.5, 0.6) is 0 Å². The van der Waals surface area contributed by atoms with Crippen molar-refractivity contribution in [2.75, 3.05) is 13.1 Å². The zero-order valence-electron chi connectivity index (χ0n) is 13.6. The molecule has 1 heterocycles. The molecule has 0 saturated carbocycles. The second-order valence-corrected chi connectivity index (χ2v) is 6.38. The SMILES string of the molecule is C[C@@H]1CN[C@@H](C)C[N+]1(C(=O)[O-])c1ccc([N+](=O)[O-])c2ccccc12. The van der Waals surface area contributed by atoms with E-state index in [2.05, 4.69) is 5.32 Å². The number of benzene rings is 2. The minimum Gasteiger partial charge on any atom is -0.498 e. The van der Waals surface area contributed by atoms with Crippen LogP contribution in [0, 0.1) is 10.1 Å². The first-order valence-electron chi connectivity index (χ1n) is 7.87. The summed E-state index contributed by atoms with van der Waals surface area (Å²) in [5.41, 5.74) is 0.513. The number of fused-ring (bicyclic) bond motifs is 1. The van der Waals surface area contributed by atoms with Crippen molar-refractivity contribution >= 4 is 28.2 Å². The van der Waals surface area contributed by atoms with E-state index in [1.165, 1.54) is 6.07 Å². The summed E-state index contributed by atoms with van der Waals surface area (Å²) in [7, 11) is 0. The number of carbonyl (C=O) groups excluding carboxylic acids is 1. The Kier molecular flexibility index (Phi) is 3.98. The number of non-ortho nitro benzene ring substituents is 1. The number of carboxylic acid groups (broad SMARTS) is 1. The highest BCUT2D eigenvalue weighted by molar-refractivity contribution is 6.02. The molecule has 2 aromatic carbocycles. The average Bonchev–Trinajstić information content (AvgIpc) is 2.55. The molecule has 3 atom stereocenters. The summed E-state index contributed by atoms with van der Waals surface area (Å²) >= 11 is 0. The smallest absolute Gasteiger partial charge is 0.277 e. The summed E-state index contributed by atoms with van der Waals surface area (Å²) < 4.78 is -0.341. The monoisotopic (exact) mass is 329 g/mol. The largest absolute Gasteiger partial charge is 0.498 e. The lowest BCUT2D eigenvalue weighted by Gasteiger charge is -2.47. The van der Waals surface area contributed by atoms with Crippen LogP contribution in [0.25, 0.3) is 10.8 Å². The van der Waals surface area contributed by atoms with E-state index in [-0.39, 0.29) is 22.3 Å². The van der Waals surface area contributed by atoms with E-state index in [1.54, 1.807) is 30.3 Å². The van der Waals surface area contributed by atoms with Crippen molar-refractivity contribution in [1.29, 1.82) is 0 Å². The highest BCUT2D eigenvalue weighted by Gasteiger charge is 2.45. The predicted molar refractivity (Wildman–Crippen MR) is 89.6 cm³/mol. The van der Waals surface area contributed by atoms with Crippen LogP contribution in [0.1, 0.15) is 13.8 Å². The number of quaternary nitrogens is 1. The summed E-state index contributed by atoms with van der Waals surface area (Å²) in [5.74, 6) is 0. The van der Waals surface area contributed by atoms with E-state index in [1.807, 2.05) is 13.8 Å². The fraction of sp³-hybridized carbons (Fsp3) is 0.353. The maximum Gasteiger partial charge on any atom is 0.277 e. The average molecular weight is 329 g/mol. The first kappa shape index (κ1) is 16.4. The summed E-state index contributed by atoms with van der Waals surface area (Å²) in [6, 6.07) is 9.55. The molecule has 0 spiro atoms. The van der Waals surface area contributed by atoms with Crippen molar-refractivity contribution in [1.82, 2.24) is 9.80 Å². The third-order valence-corrected chi connectivity index (χ3v) is 4.91. The Hall–Kier alpha value is -2.51. The molecule has 3 rings (SSSR count). The molecule has 126 valence electrons. The number of hydrogen-bond acceptors (Lipinski definition) is 5. The van der Waals surface area contributed by atoms with Crippen molar-refractivity contribution < 1.29 is 14.8 Å². The number of nitro groups is 1. The first-order valence-corrected chi connectivity index (χ1v) is 7.87. The van der Waals surface area contributed by atoms with Gasteiger partial charge in [0.25, 0.3) is 11.8 Å². The lowest BCUT2D eigenvalue weighted by atomic mass is 10.00. The van der Waals surface area contributed by atoms with Gasteiger partial charge in [-0.3, -0.25) is 10.1 Å². The molecule has 7 heteroatoms. The number of amides is 1. The minimum atomic E-state index is -1.19. The zero-order chi connectivity index (χ0) is 17.5. The number of carbonyl (C=O) groups is 1. The molecule has 1 aliphatic rings. The molecule has 1 fully saturated rings. The van der Waals surface area contributed by atoms with Gasteiger partial charge in [-0.1, -0.05) is 12.1 Å². The van der Waals surface area contributed by atoms with Crippen LogP contribution < -0.4 is 14.9 Å². The zero-order valence-corrected chi connectivity index (χ0v) is 13.6. The van der Waals surface area contributed by atoms with Crippen LogP contribution in [0.2, 0.25) is 0 Å². The minimum absolute atomic E-state index is 0.00643. The molecule has 1 saturated heterocycles. The number of piperazine rings is 1. The highest BCUT2D eigenvalue weighted by Crippen LogP contribution is 2.39. The number of nitro benzene ring substituents is 1. The Morgan fingerprint density at radius 3 is 2.50 bits per heavy atom. The lowest BCUT2D eigenvalue weighted by Crippen LogP contribution is -2.73. The van der Waals surface area contributed by atoms with Gasteiger partial charge in [0, 0.05) is 18.7 Å². The quantitative estimate of drug-likeness (QED) is 0.515. The van der Waals surface area contributed by atoms with Gasteiger partial charge >= 0.3 is 0 Å². The molecule has 1 aliphatic heterocycles. The van der Waals surface area contributed by atoms with E-state index >= 15 is 0 Å². The summed E-state index contributed by atoms with van der Waals surface area (Å²) in [6.07, 6.45) is -1.19. The Balaban J connectivity index is 2.33.